The van der Waals surface area contributed by atoms with Gasteiger partial charge in [0, 0.05) is 11.3 Å². The number of hydrogen-bond acceptors (Lipinski definition) is 6. The first kappa shape index (κ1) is 16.3. The number of nitrogens with one attached hydrogen (secondary N) is 2. The fourth-order valence-electron chi connectivity index (χ4n) is 1.50. The van der Waals surface area contributed by atoms with Crippen molar-refractivity contribution < 1.29 is 9.72 Å². The molecule has 0 aliphatic heterocycles. The van der Waals surface area contributed by atoms with E-state index in [9.17, 15) is 14.9 Å². The van der Waals surface area contributed by atoms with Crippen molar-refractivity contribution >= 4 is 29.0 Å². The monoisotopic (exact) mass is 298 g/mol. The quantitative estimate of drug-likeness (QED) is 0.419. The molecular formula is C12H18N4O3S. The molecule has 0 aromatic heterocycles. The van der Waals surface area contributed by atoms with Crippen LogP contribution in [0, 0.1) is 10.1 Å². The Morgan fingerprint density at radius 2 is 2.15 bits per heavy atom. The normalized spacial score (nSPS) is 11.0. The van der Waals surface area contributed by atoms with Crippen LogP contribution >= 0.6 is 11.8 Å². The van der Waals surface area contributed by atoms with Gasteiger partial charge in [-0.3, -0.25) is 20.8 Å². The summed E-state index contributed by atoms with van der Waals surface area (Å²) >= 11 is 1.60. The summed E-state index contributed by atoms with van der Waals surface area (Å²) in [6, 6.07) is 4.39. The molecule has 8 heteroatoms. The van der Waals surface area contributed by atoms with E-state index >= 15 is 0 Å². The lowest BCUT2D eigenvalue weighted by molar-refractivity contribution is -0.384. The topological polar surface area (TPSA) is 110 Å². The van der Waals surface area contributed by atoms with Gasteiger partial charge in [0.1, 0.15) is 11.3 Å². The third-order valence-electron chi connectivity index (χ3n) is 2.85. The molecule has 0 unspecified atom stereocenters. The standard InChI is InChI=1S/C12H18N4O3S/c1-12(2,20-3)7-14-11(17)8-5-4-6-9(15-13)10(8)16(18)19/h4-6,15H,7,13H2,1-3H3,(H,14,17). The van der Waals surface area contributed by atoms with E-state index < -0.39 is 10.8 Å². The molecule has 0 aliphatic carbocycles. The smallest absolute Gasteiger partial charge is 0.306 e. The summed E-state index contributed by atoms with van der Waals surface area (Å²) in [5.41, 5.74) is 2.00. The average Bonchev–Trinajstić information content (AvgIpc) is 2.43. The van der Waals surface area contributed by atoms with Crippen LogP contribution in [-0.2, 0) is 0 Å². The molecule has 0 aliphatic rings. The van der Waals surface area contributed by atoms with E-state index in [1.54, 1.807) is 11.8 Å². The number of anilines is 1. The van der Waals surface area contributed by atoms with Crippen molar-refractivity contribution in [3.63, 3.8) is 0 Å². The van der Waals surface area contributed by atoms with Crippen molar-refractivity contribution in [2.45, 2.75) is 18.6 Å². The molecule has 0 saturated carbocycles. The summed E-state index contributed by atoms with van der Waals surface area (Å²) in [4.78, 5) is 22.6. The summed E-state index contributed by atoms with van der Waals surface area (Å²) in [5, 5.41) is 13.8. The van der Waals surface area contributed by atoms with Crippen molar-refractivity contribution in [3.05, 3.63) is 33.9 Å². The van der Waals surface area contributed by atoms with Crippen molar-refractivity contribution in [2.75, 3.05) is 18.2 Å². The summed E-state index contributed by atoms with van der Waals surface area (Å²) in [6.07, 6.45) is 1.94. The number of nitrogens with zero attached hydrogens (tertiary/aromatic N) is 1. The molecule has 0 heterocycles. The lowest BCUT2D eigenvalue weighted by Crippen LogP contribution is -2.36. The molecule has 0 spiro atoms. The number of rotatable bonds is 6. The van der Waals surface area contributed by atoms with Crippen molar-refractivity contribution in [2.24, 2.45) is 5.84 Å². The summed E-state index contributed by atoms with van der Waals surface area (Å²) < 4.78 is -0.145. The Balaban J connectivity index is 3.02. The zero-order valence-corrected chi connectivity index (χ0v) is 12.4. The Labute approximate surface area is 121 Å². The van der Waals surface area contributed by atoms with Crippen LogP contribution in [0.15, 0.2) is 18.2 Å². The van der Waals surface area contributed by atoms with Crippen LogP contribution in [0.25, 0.3) is 0 Å². The average molecular weight is 298 g/mol. The molecule has 0 fully saturated rings. The van der Waals surface area contributed by atoms with Gasteiger partial charge in [-0.15, -0.1) is 0 Å². The highest BCUT2D eigenvalue weighted by atomic mass is 32.2. The molecule has 1 rings (SSSR count). The maximum atomic E-state index is 12.1. The van der Waals surface area contributed by atoms with Crippen LogP contribution in [0.3, 0.4) is 0 Å². The van der Waals surface area contributed by atoms with Crippen LogP contribution in [0.5, 0.6) is 0 Å². The largest absolute Gasteiger partial charge is 0.350 e. The Kier molecular flexibility index (Phi) is 5.34. The number of carbonyl (C=O) groups is 1. The number of carbonyl (C=O) groups excluding carboxylic acids is 1. The van der Waals surface area contributed by atoms with Gasteiger partial charge in [-0.25, -0.2) is 0 Å². The van der Waals surface area contributed by atoms with E-state index in [2.05, 4.69) is 10.7 Å². The van der Waals surface area contributed by atoms with Gasteiger partial charge in [-0.05, 0) is 32.2 Å². The summed E-state index contributed by atoms with van der Waals surface area (Å²) in [6.45, 7) is 4.36. The number of hydrogen-bond donors (Lipinski definition) is 3. The lowest BCUT2D eigenvalue weighted by atomic mass is 10.1. The Bertz CT molecular complexity index is 519. The maximum absolute atomic E-state index is 12.1. The Hall–Kier alpha value is -1.80. The number of thioether (sulfide) groups is 1. The zero-order chi connectivity index (χ0) is 15.3. The number of nitrogen functional groups attached to an aromatic ring is 1. The van der Waals surface area contributed by atoms with E-state index in [4.69, 9.17) is 5.84 Å². The SMILES string of the molecule is CSC(C)(C)CNC(=O)c1cccc(NN)c1[N+](=O)[O-]. The number of amides is 1. The fraction of sp³-hybridized carbons (Fsp3) is 0.417. The highest BCUT2D eigenvalue weighted by molar-refractivity contribution is 7.99. The lowest BCUT2D eigenvalue weighted by Gasteiger charge is -2.22. The minimum Gasteiger partial charge on any atom is -0.350 e. The molecule has 1 amide bonds. The molecule has 1 aromatic rings. The van der Waals surface area contributed by atoms with Crippen LogP contribution in [-0.4, -0.2) is 28.4 Å². The number of para-hydroxylation sites is 1. The van der Waals surface area contributed by atoms with Gasteiger partial charge in [-0.2, -0.15) is 11.8 Å². The summed E-state index contributed by atoms with van der Waals surface area (Å²) in [5.74, 6) is 4.74. The molecule has 0 radical (unpaired) electrons. The van der Waals surface area contributed by atoms with Gasteiger partial charge in [-0.1, -0.05) is 6.07 Å². The van der Waals surface area contributed by atoms with Crippen molar-refractivity contribution in [1.82, 2.24) is 5.32 Å². The highest BCUT2D eigenvalue weighted by Gasteiger charge is 2.25. The van der Waals surface area contributed by atoms with Gasteiger partial charge in [0.05, 0.1) is 4.92 Å². The van der Waals surface area contributed by atoms with Gasteiger partial charge in [0.25, 0.3) is 5.91 Å². The second-order valence-electron chi connectivity index (χ2n) is 4.75. The number of hydrazine groups is 1. The molecular weight excluding hydrogens is 280 g/mol. The Morgan fingerprint density at radius 1 is 1.50 bits per heavy atom. The second kappa shape index (κ2) is 6.58. The minimum atomic E-state index is -0.621. The molecule has 110 valence electrons. The zero-order valence-electron chi connectivity index (χ0n) is 11.6. The van der Waals surface area contributed by atoms with E-state index in [1.165, 1.54) is 18.2 Å². The van der Waals surface area contributed by atoms with Crippen LogP contribution in [0.1, 0.15) is 24.2 Å². The van der Waals surface area contributed by atoms with Crippen molar-refractivity contribution in [1.29, 1.82) is 0 Å². The number of nitro benzene ring substituents is 1. The predicted octanol–water partition coefficient (Wildman–Crippen LogP) is 1.75. The van der Waals surface area contributed by atoms with Crippen LogP contribution in [0.4, 0.5) is 11.4 Å². The van der Waals surface area contributed by atoms with E-state index in [-0.39, 0.29) is 21.7 Å². The number of nitro groups is 1. The first-order chi connectivity index (χ1) is 9.32. The van der Waals surface area contributed by atoms with E-state index in [0.717, 1.165) is 0 Å². The number of nitrogens with two attached hydrogens (primary N) is 1. The second-order valence-corrected chi connectivity index (χ2v) is 6.26. The molecule has 0 bridgehead atoms. The van der Waals surface area contributed by atoms with Gasteiger partial charge < -0.3 is 10.7 Å². The highest BCUT2D eigenvalue weighted by Crippen LogP contribution is 2.28. The van der Waals surface area contributed by atoms with E-state index in [0.29, 0.717) is 6.54 Å². The molecule has 7 nitrogen and oxygen atoms in total. The molecule has 0 saturated heterocycles. The molecule has 1 aromatic carbocycles. The Morgan fingerprint density at radius 3 is 2.65 bits per heavy atom. The predicted molar refractivity (Wildman–Crippen MR) is 80.8 cm³/mol. The van der Waals surface area contributed by atoms with Crippen molar-refractivity contribution in [3.8, 4) is 0 Å². The maximum Gasteiger partial charge on any atom is 0.306 e. The van der Waals surface area contributed by atoms with Crippen LogP contribution < -0.4 is 16.6 Å². The molecule has 0 atom stereocenters. The van der Waals surface area contributed by atoms with Gasteiger partial charge in [0.2, 0.25) is 0 Å². The number of benzene rings is 1. The fourth-order valence-corrected chi connectivity index (χ4v) is 1.72. The summed E-state index contributed by atoms with van der Waals surface area (Å²) in [7, 11) is 0. The molecule has 4 N–H and O–H groups in total. The molecule has 20 heavy (non-hydrogen) atoms. The third kappa shape index (κ3) is 3.84. The van der Waals surface area contributed by atoms with Gasteiger partial charge in [0.15, 0.2) is 0 Å². The third-order valence-corrected chi connectivity index (χ3v) is 4.10. The van der Waals surface area contributed by atoms with E-state index in [1.807, 2.05) is 20.1 Å². The van der Waals surface area contributed by atoms with Crippen LogP contribution in [0.2, 0.25) is 0 Å². The minimum absolute atomic E-state index is 0.0117. The first-order valence-electron chi connectivity index (χ1n) is 5.90. The first-order valence-corrected chi connectivity index (χ1v) is 7.12. The van der Waals surface area contributed by atoms with Gasteiger partial charge >= 0.3 is 5.69 Å².